The fraction of sp³-hybridized carbons (Fsp3) is 0.538. The smallest absolute Gasteiger partial charge is 0.139 e. The molecule has 0 radical (unpaired) electrons. The van der Waals surface area contributed by atoms with Crippen LogP contribution in [-0.2, 0) is 4.74 Å². The second kappa shape index (κ2) is 6.54. The summed E-state index contributed by atoms with van der Waals surface area (Å²) < 4.78 is 19.5. The number of rotatable bonds is 4. The number of aliphatic hydroxyl groups is 1. The highest BCUT2D eigenvalue weighted by molar-refractivity contribution is 9.10. The van der Waals surface area contributed by atoms with Gasteiger partial charge in [-0.3, -0.25) is 0 Å². The van der Waals surface area contributed by atoms with Gasteiger partial charge in [0.15, 0.2) is 0 Å². The van der Waals surface area contributed by atoms with Gasteiger partial charge in [0.25, 0.3) is 0 Å². The third-order valence-corrected chi connectivity index (χ3v) is 3.90. The minimum Gasteiger partial charge on any atom is -0.397 e. The summed E-state index contributed by atoms with van der Waals surface area (Å²) in [5.74, 6) is -0.303. The van der Waals surface area contributed by atoms with Crippen molar-refractivity contribution >= 4 is 27.3 Å². The largest absolute Gasteiger partial charge is 0.397 e. The number of nitrogens with zero attached hydrogens (tertiary/aromatic N) is 1. The SMILES string of the molecule is Nc1cc(Br)c(F)cc1N1CCC(OCCO)CC1. The minimum atomic E-state index is -0.303. The molecular weight excluding hydrogens is 315 g/mol. The lowest BCUT2D eigenvalue weighted by Crippen LogP contribution is -2.37. The summed E-state index contributed by atoms with van der Waals surface area (Å²) in [6.07, 6.45) is 1.89. The first-order valence-corrected chi connectivity index (χ1v) is 7.13. The van der Waals surface area contributed by atoms with Crippen LogP contribution in [0.15, 0.2) is 16.6 Å². The molecule has 1 saturated heterocycles. The summed E-state index contributed by atoms with van der Waals surface area (Å²) in [7, 11) is 0. The summed E-state index contributed by atoms with van der Waals surface area (Å²) in [4.78, 5) is 2.07. The molecule has 0 saturated carbocycles. The van der Waals surface area contributed by atoms with Crippen LogP contribution < -0.4 is 10.6 Å². The molecule has 106 valence electrons. The maximum Gasteiger partial charge on any atom is 0.139 e. The van der Waals surface area contributed by atoms with Crippen LogP contribution >= 0.6 is 15.9 Å². The van der Waals surface area contributed by atoms with Crippen LogP contribution in [0.1, 0.15) is 12.8 Å². The number of halogens is 2. The monoisotopic (exact) mass is 332 g/mol. The van der Waals surface area contributed by atoms with E-state index >= 15 is 0 Å². The van der Waals surface area contributed by atoms with E-state index in [1.54, 1.807) is 6.07 Å². The lowest BCUT2D eigenvalue weighted by atomic mass is 10.1. The summed E-state index contributed by atoms with van der Waals surface area (Å²) in [5, 5.41) is 8.72. The Kier molecular flexibility index (Phi) is 5.01. The molecule has 1 heterocycles. The highest BCUT2D eigenvalue weighted by Gasteiger charge is 2.21. The molecule has 1 aromatic rings. The highest BCUT2D eigenvalue weighted by Crippen LogP contribution is 2.31. The van der Waals surface area contributed by atoms with E-state index in [1.165, 1.54) is 6.07 Å². The maximum absolute atomic E-state index is 13.6. The van der Waals surface area contributed by atoms with Gasteiger partial charge in [-0.2, -0.15) is 0 Å². The molecule has 4 nitrogen and oxygen atoms in total. The van der Waals surface area contributed by atoms with Crippen molar-refractivity contribution in [3.8, 4) is 0 Å². The van der Waals surface area contributed by atoms with E-state index in [-0.39, 0.29) is 18.5 Å². The molecule has 0 unspecified atom stereocenters. The number of piperidine rings is 1. The van der Waals surface area contributed by atoms with Gasteiger partial charge in [0.1, 0.15) is 5.82 Å². The number of benzene rings is 1. The predicted molar refractivity (Wildman–Crippen MR) is 76.8 cm³/mol. The molecule has 0 bridgehead atoms. The van der Waals surface area contributed by atoms with E-state index in [4.69, 9.17) is 15.6 Å². The van der Waals surface area contributed by atoms with Crippen molar-refractivity contribution in [3.05, 3.63) is 22.4 Å². The number of hydrogen-bond donors (Lipinski definition) is 2. The Morgan fingerprint density at radius 2 is 2.11 bits per heavy atom. The molecule has 0 amide bonds. The Hall–Kier alpha value is -0.850. The molecule has 2 rings (SSSR count). The normalized spacial score (nSPS) is 16.9. The molecule has 1 aliphatic rings. The molecule has 1 fully saturated rings. The van der Waals surface area contributed by atoms with Crippen molar-refractivity contribution < 1.29 is 14.2 Å². The lowest BCUT2D eigenvalue weighted by Gasteiger charge is -2.34. The summed E-state index contributed by atoms with van der Waals surface area (Å²) in [6, 6.07) is 3.06. The zero-order valence-corrected chi connectivity index (χ0v) is 12.2. The van der Waals surface area contributed by atoms with Gasteiger partial charge in [-0.1, -0.05) is 0 Å². The fourth-order valence-corrected chi connectivity index (χ4v) is 2.67. The molecule has 3 N–H and O–H groups in total. The number of anilines is 2. The highest BCUT2D eigenvalue weighted by atomic mass is 79.9. The topological polar surface area (TPSA) is 58.7 Å². The molecule has 6 heteroatoms. The number of ether oxygens (including phenoxy) is 1. The summed E-state index contributed by atoms with van der Waals surface area (Å²) in [5.41, 5.74) is 7.24. The Morgan fingerprint density at radius 1 is 1.42 bits per heavy atom. The average Bonchev–Trinajstić information content (AvgIpc) is 2.41. The zero-order chi connectivity index (χ0) is 13.8. The van der Waals surface area contributed by atoms with Gasteiger partial charge in [-0.15, -0.1) is 0 Å². The van der Waals surface area contributed by atoms with E-state index in [0.29, 0.717) is 16.8 Å². The van der Waals surface area contributed by atoms with Crippen LogP contribution in [0.5, 0.6) is 0 Å². The number of nitrogen functional groups attached to an aromatic ring is 1. The molecule has 19 heavy (non-hydrogen) atoms. The van der Waals surface area contributed by atoms with Crippen LogP contribution in [0.2, 0.25) is 0 Å². The van der Waals surface area contributed by atoms with Crippen molar-refractivity contribution in [2.75, 3.05) is 36.9 Å². The van der Waals surface area contributed by atoms with E-state index in [1.807, 2.05) is 0 Å². The third-order valence-electron chi connectivity index (χ3n) is 3.30. The van der Waals surface area contributed by atoms with Crippen LogP contribution in [0, 0.1) is 5.82 Å². The number of nitrogens with two attached hydrogens (primary N) is 1. The van der Waals surface area contributed by atoms with Gasteiger partial charge in [0.05, 0.1) is 35.2 Å². The minimum absolute atomic E-state index is 0.0467. The quantitative estimate of drug-likeness (QED) is 0.829. The van der Waals surface area contributed by atoms with Gasteiger partial charge in [0.2, 0.25) is 0 Å². The summed E-state index contributed by atoms with van der Waals surface area (Å²) in [6.45, 7) is 1.98. The van der Waals surface area contributed by atoms with Crippen LogP contribution in [0.25, 0.3) is 0 Å². The first-order chi connectivity index (χ1) is 9.11. The van der Waals surface area contributed by atoms with Crippen LogP contribution in [0.3, 0.4) is 0 Å². The zero-order valence-electron chi connectivity index (χ0n) is 10.6. The standard InChI is InChI=1S/C13H18BrFN2O2/c14-10-7-12(16)13(8-11(10)15)17-3-1-9(2-4-17)19-6-5-18/h7-9,18H,1-6,16H2. The van der Waals surface area contributed by atoms with E-state index in [0.717, 1.165) is 31.6 Å². The van der Waals surface area contributed by atoms with E-state index in [9.17, 15) is 4.39 Å². The van der Waals surface area contributed by atoms with Gasteiger partial charge < -0.3 is 20.5 Å². The Morgan fingerprint density at radius 3 is 2.74 bits per heavy atom. The second-order valence-corrected chi connectivity index (χ2v) is 5.46. The van der Waals surface area contributed by atoms with Crippen molar-refractivity contribution in [2.24, 2.45) is 0 Å². The van der Waals surface area contributed by atoms with Crippen molar-refractivity contribution in [1.29, 1.82) is 0 Å². The first-order valence-electron chi connectivity index (χ1n) is 6.33. The van der Waals surface area contributed by atoms with Crippen LogP contribution in [-0.4, -0.2) is 37.5 Å². The average molecular weight is 333 g/mol. The van der Waals surface area contributed by atoms with Crippen molar-refractivity contribution in [2.45, 2.75) is 18.9 Å². The molecule has 0 spiro atoms. The lowest BCUT2D eigenvalue weighted by molar-refractivity contribution is 0.0159. The number of hydrogen-bond acceptors (Lipinski definition) is 4. The predicted octanol–water partition coefficient (Wildman–Crippen LogP) is 2.15. The molecule has 1 aromatic carbocycles. The van der Waals surface area contributed by atoms with E-state index < -0.39 is 0 Å². The van der Waals surface area contributed by atoms with Crippen molar-refractivity contribution in [3.63, 3.8) is 0 Å². The fourth-order valence-electron chi connectivity index (χ4n) is 2.31. The van der Waals surface area contributed by atoms with Gasteiger partial charge in [-0.05, 0) is 34.8 Å². The third kappa shape index (κ3) is 3.58. The van der Waals surface area contributed by atoms with Crippen LogP contribution in [0.4, 0.5) is 15.8 Å². The molecule has 0 aliphatic carbocycles. The molecule has 0 atom stereocenters. The number of aliphatic hydroxyl groups excluding tert-OH is 1. The maximum atomic E-state index is 13.6. The summed E-state index contributed by atoms with van der Waals surface area (Å²) >= 11 is 3.13. The van der Waals surface area contributed by atoms with Gasteiger partial charge in [-0.25, -0.2) is 4.39 Å². The first kappa shape index (κ1) is 14.6. The molecule has 0 aromatic heterocycles. The van der Waals surface area contributed by atoms with Gasteiger partial charge in [0, 0.05) is 19.2 Å². The molecular formula is C13H18BrFN2O2. The van der Waals surface area contributed by atoms with E-state index in [2.05, 4.69) is 20.8 Å². The Bertz CT molecular complexity index is 437. The second-order valence-electron chi connectivity index (χ2n) is 4.61. The van der Waals surface area contributed by atoms with Crippen molar-refractivity contribution in [1.82, 2.24) is 0 Å². The Labute approximate surface area is 120 Å². The van der Waals surface area contributed by atoms with Gasteiger partial charge >= 0.3 is 0 Å². The molecule has 1 aliphatic heterocycles. The Balaban J connectivity index is 1.99.